The van der Waals surface area contributed by atoms with Crippen LogP contribution in [0.5, 0.6) is 5.75 Å². The van der Waals surface area contributed by atoms with Gasteiger partial charge in [-0.2, -0.15) is 4.99 Å². The molecule has 0 aliphatic rings. The Kier molecular flexibility index (Phi) is 8.94. The molecule has 0 spiro atoms. The Morgan fingerprint density at radius 1 is 1.18 bits per heavy atom. The van der Waals surface area contributed by atoms with Crippen molar-refractivity contribution in [3.63, 3.8) is 0 Å². The number of phenols is 1. The molecule has 0 radical (unpaired) electrons. The number of nitrogens with one attached hydrogen (secondary N) is 2. The summed E-state index contributed by atoms with van der Waals surface area (Å²) in [6.07, 6.45) is 0.0882. The zero-order chi connectivity index (χ0) is 24.6. The van der Waals surface area contributed by atoms with Gasteiger partial charge in [-0.05, 0) is 31.0 Å². The Balaban J connectivity index is 2.27. The minimum absolute atomic E-state index is 0.0794. The van der Waals surface area contributed by atoms with Gasteiger partial charge in [-0.25, -0.2) is 13.1 Å². The lowest BCUT2D eigenvalue weighted by atomic mass is 10.1. The number of benzene rings is 2. The van der Waals surface area contributed by atoms with Gasteiger partial charge in [0, 0.05) is 25.8 Å². The Labute approximate surface area is 193 Å². The van der Waals surface area contributed by atoms with Crippen LogP contribution in [0.15, 0.2) is 53.5 Å². The Morgan fingerprint density at radius 2 is 1.85 bits per heavy atom. The number of nitrogens with zero attached hydrogens (tertiary/aromatic N) is 2. The summed E-state index contributed by atoms with van der Waals surface area (Å²) in [5, 5.41) is 12.9. The number of likely N-dealkylation sites (N-methyl/N-ethyl adjacent to an activating group) is 2. The maximum Gasteiger partial charge on any atom is 0.266 e. The lowest BCUT2D eigenvalue weighted by Gasteiger charge is -2.19. The van der Waals surface area contributed by atoms with Crippen LogP contribution in [0.1, 0.15) is 18.1 Å². The van der Waals surface area contributed by atoms with Gasteiger partial charge in [-0.15, -0.1) is 0 Å². The van der Waals surface area contributed by atoms with Crippen LogP contribution in [0.2, 0.25) is 0 Å². The van der Waals surface area contributed by atoms with Gasteiger partial charge in [-0.1, -0.05) is 30.3 Å². The molecule has 0 aliphatic carbocycles. The number of sulfonamides is 1. The summed E-state index contributed by atoms with van der Waals surface area (Å²) < 4.78 is 26.6. The molecule has 2 rings (SSSR count). The topological polar surface area (TPSA) is 154 Å². The lowest BCUT2D eigenvalue weighted by molar-refractivity contribution is -0.120. The van der Waals surface area contributed by atoms with Crippen molar-refractivity contribution in [3.8, 4) is 5.75 Å². The molecule has 5 N–H and O–H groups in total. The molecule has 0 aliphatic heterocycles. The Hall–Kier alpha value is -3.44. The summed E-state index contributed by atoms with van der Waals surface area (Å²) in [5.41, 5.74) is 7.37. The number of rotatable bonds is 10. The molecule has 2 amide bonds. The van der Waals surface area contributed by atoms with Gasteiger partial charge in [0.1, 0.15) is 17.6 Å². The van der Waals surface area contributed by atoms with Crippen molar-refractivity contribution in [3.05, 3.63) is 59.7 Å². The summed E-state index contributed by atoms with van der Waals surface area (Å²) in [6, 6.07) is 12.2. The normalized spacial score (nSPS) is 12.8. The van der Waals surface area contributed by atoms with E-state index in [4.69, 9.17) is 5.73 Å². The number of amides is 2. The van der Waals surface area contributed by atoms with Crippen molar-refractivity contribution in [2.45, 2.75) is 19.4 Å². The molecular weight excluding hydrogens is 446 g/mol. The number of phenolic OH excluding ortho intramolecular Hbond substituents is 1. The summed E-state index contributed by atoms with van der Waals surface area (Å²) in [4.78, 5) is 29.9. The SMILES string of the molecule is CCS(=O)(=O)N[C@H](Cc1ccccc1)C(=O)N=C(N)c1ccc(N(C)CC(=O)NC)cc1O. The van der Waals surface area contributed by atoms with Crippen molar-refractivity contribution in [1.29, 1.82) is 0 Å². The predicted molar refractivity (Wildman–Crippen MR) is 128 cm³/mol. The summed E-state index contributed by atoms with van der Waals surface area (Å²) in [5.74, 6) is -1.68. The minimum Gasteiger partial charge on any atom is -0.507 e. The first-order chi connectivity index (χ1) is 15.6. The first-order valence-corrected chi connectivity index (χ1v) is 11.9. The standard InChI is InChI=1S/C22H29N5O5S/c1-4-33(31,32)26-18(12-15-8-6-5-7-9-15)22(30)25-21(23)17-11-10-16(13-19(17)28)27(3)14-20(29)24-2/h5-11,13,18,26,28H,4,12,14H2,1-3H3,(H,24,29)(H2,23,25,30)/t18-/m1/s1. The molecule has 0 bridgehead atoms. The van der Waals surface area contributed by atoms with Gasteiger partial charge >= 0.3 is 0 Å². The smallest absolute Gasteiger partial charge is 0.266 e. The zero-order valence-corrected chi connectivity index (χ0v) is 19.6. The van der Waals surface area contributed by atoms with Crippen LogP contribution in [0, 0.1) is 0 Å². The molecule has 33 heavy (non-hydrogen) atoms. The maximum atomic E-state index is 12.8. The average molecular weight is 476 g/mol. The fraction of sp³-hybridized carbons (Fsp3) is 0.318. The third-order valence-electron chi connectivity index (χ3n) is 4.87. The fourth-order valence-corrected chi connectivity index (χ4v) is 3.73. The van der Waals surface area contributed by atoms with E-state index < -0.39 is 22.0 Å². The van der Waals surface area contributed by atoms with Crippen LogP contribution in [0.25, 0.3) is 0 Å². The van der Waals surface area contributed by atoms with Gasteiger partial charge in [0.05, 0.1) is 17.9 Å². The largest absolute Gasteiger partial charge is 0.507 e. The highest BCUT2D eigenvalue weighted by molar-refractivity contribution is 7.89. The second-order valence-corrected chi connectivity index (χ2v) is 9.37. The van der Waals surface area contributed by atoms with Crippen LogP contribution >= 0.6 is 0 Å². The van der Waals surface area contributed by atoms with Crippen LogP contribution < -0.4 is 20.7 Å². The number of carbonyl (C=O) groups is 2. The molecule has 0 saturated heterocycles. The zero-order valence-electron chi connectivity index (χ0n) is 18.8. The molecular formula is C22H29N5O5S. The molecule has 0 unspecified atom stereocenters. The predicted octanol–water partition coefficient (Wildman–Crippen LogP) is 0.357. The van der Waals surface area contributed by atoms with E-state index in [1.54, 1.807) is 42.3 Å². The van der Waals surface area contributed by atoms with Crippen molar-refractivity contribution >= 4 is 33.4 Å². The quantitative estimate of drug-likeness (QED) is 0.286. The van der Waals surface area contributed by atoms with E-state index in [2.05, 4.69) is 15.0 Å². The first kappa shape index (κ1) is 25.8. The van der Waals surface area contributed by atoms with E-state index in [-0.39, 0.29) is 41.8 Å². The molecule has 0 saturated carbocycles. The van der Waals surface area contributed by atoms with Crippen molar-refractivity contribution < 1.29 is 23.1 Å². The monoisotopic (exact) mass is 475 g/mol. The number of anilines is 1. The van der Waals surface area contributed by atoms with Gasteiger partial charge in [0.2, 0.25) is 15.9 Å². The highest BCUT2D eigenvalue weighted by Crippen LogP contribution is 2.24. The minimum atomic E-state index is -3.69. The second kappa shape index (κ2) is 11.4. The number of hydrogen-bond donors (Lipinski definition) is 4. The molecule has 1 atom stereocenters. The van der Waals surface area contributed by atoms with Crippen molar-refractivity contribution in [2.24, 2.45) is 10.7 Å². The molecule has 0 aromatic heterocycles. The van der Waals surface area contributed by atoms with Crippen LogP contribution in [0.4, 0.5) is 5.69 Å². The number of carbonyl (C=O) groups excluding carboxylic acids is 2. The number of nitrogens with two attached hydrogens (primary N) is 1. The van der Waals surface area contributed by atoms with Crippen LogP contribution in [-0.2, 0) is 26.0 Å². The van der Waals surface area contributed by atoms with Crippen LogP contribution in [0.3, 0.4) is 0 Å². The molecule has 0 heterocycles. The van der Waals surface area contributed by atoms with E-state index in [1.165, 1.54) is 26.1 Å². The van der Waals surface area contributed by atoms with E-state index in [0.717, 1.165) is 5.56 Å². The van der Waals surface area contributed by atoms with Crippen molar-refractivity contribution in [2.75, 3.05) is 31.3 Å². The maximum absolute atomic E-state index is 12.8. The van der Waals surface area contributed by atoms with E-state index in [1.807, 2.05) is 6.07 Å². The first-order valence-electron chi connectivity index (χ1n) is 10.2. The Bertz CT molecular complexity index is 1120. The third-order valence-corrected chi connectivity index (χ3v) is 6.27. The van der Waals surface area contributed by atoms with Gasteiger partial charge in [0.15, 0.2) is 0 Å². The number of aromatic hydroxyl groups is 1. The molecule has 10 nitrogen and oxygen atoms in total. The number of aliphatic imine (C=N–C) groups is 1. The van der Waals surface area contributed by atoms with Gasteiger partial charge in [0.25, 0.3) is 5.91 Å². The van der Waals surface area contributed by atoms with Crippen molar-refractivity contribution in [1.82, 2.24) is 10.0 Å². The molecule has 11 heteroatoms. The summed E-state index contributed by atoms with van der Waals surface area (Å²) in [6.45, 7) is 1.54. The second-order valence-electron chi connectivity index (χ2n) is 7.33. The molecule has 2 aromatic carbocycles. The summed E-state index contributed by atoms with van der Waals surface area (Å²) >= 11 is 0. The lowest BCUT2D eigenvalue weighted by Crippen LogP contribution is -2.43. The van der Waals surface area contributed by atoms with E-state index >= 15 is 0 Å². The summed E-state index contributed by atoms with van der Waals surface area (Å²) in [7, 11) is -0.485. The number of hydrogen-bond acceptors (Lipinski definition) is 6. The fourth-order valence-electron chi connectivity index (χ4n) is 2.95. The van der Waals surface area contributed by atoms with E-state index in [9.17, 15) is 23.1 Å². The molecule has 0 fully saturated rings. The highest BCUT2D eigenvalue weighted by atomic mass is 32.2. The van der Waals surface area contributed by atoms with E-state index in [0.29, 0.717) is 5.69 Å². The third kappa shape index (κ3) is 7.58. The Morgan fingerprint density at radius 3 is 2.42 bits per heavy atom. The number of amidine groups is 1. The van der Waals surface area contributed by atoms with Gasteiger partial charge in [-0.3, -0.25) is 9.59 Å². The molecule has 2 aromatic rings. The van der Waals surface area contributed by atoms with Gasteiger partial charge < -0.3 is 21.1 Å². The van der Waals surface area contributed by atoms with Crippen LogP contribution in [-0.4, -0.2) is 63.6 Å². The highest BCUT2D eigenvalue weighted by Gasteiger charge is 2.24. The average Bonchev–Trinajstić information content (AvgIpc) is 2.78. The molecule has 178 valence electrons.